The molecule has 1 aromatic heterocycles. The highest BCUT2D eigenvalue weighted by molar-refractivity contribution is 7.91. The molecule has 17 heavy (non-hydrogen) atoms. The first-order valence-corrected chi connectivity index (χ1v) is 8.14. The van der Waals surface area contributed by atoms with Crippen LogP contribution in [0.25, 0.3) is 0 Å². The van der Waals surface area contributed by atoms with Crippen LogP contribution in [0.15, 0.2) is 34.4 Å². The summed E-state index contributed by atoms with van der Waals surface area (Å²) in [5, 5.41) is 1.80. The van der Waals surface area contributed by atoms with Gasteiger partial charge < -0.3 is 0 Å². The molecule has 1 fully saturated rings. The number of rotatable bonds is 5. The zero-order chi connectivity index (χ0) is 12.3. The van der Waals surface area contributed by atoms with Crippen LogP contribution in [0.2, 0.25) is 0 Å². The second-order valence-electron chi connectivity index (χ2n) is 4.23. The van der Waals surface area contributed by atoms with Gasteiger partial charge in [0.05, 0.1) is 0 Å². The van der Waals surface area contributed by atoms with Crippen LogP contribution in [0.1, 0.15) is 25.7 Å². The summed E-state index contributed by atoms with van der Waals surface area (Å²) in [6, 6.07) is 3.60. The van der Waals surface area contributed by atoms with E-state index >= 15 is 0 Å². The predicted octanol–water partition coefficient (Wildman–Crippen LogP) is 2.87. The SMILES string of the molecule is C=CCN(C1CCCC1)S(=O)(=O)c1cccs1. The summed E-state index contributed by atoms with van der Waals surface area (Å²) in [7, 11) is -3.32. The maximum atomic E-state index is 12.5. The summed E-state index contributed by atoms with van der Waals surface area (Å²) in [5.74, 6) is 0. The second-order valence-corrected chi connectivity index (χ2v) is 7.30. The average Bonchev–Trinajstić information content (AvgIpc) is 2.97. The van der Waals surface area contributed by atoms with Gasteiger partial charge in [0.25, 0.3) is 10.0 Å². The fourth-order valence-corrected chi connectivity index (χ4v) is 5.06. The highest BCUT2D eigenvalue weighted by Gasteiger charge is 2.32. The lowest BCUT2D eigenvalue weighted by atomic mass is 10.2. The molecule has 1 aliphatic rings. The van der Waals surface area contributed by atoms with E-state index in [9.17, 15) is 8.42 Å². The van der Waals surface area contributed by atoms with Gasteiger partial charge in [0.15, 0.2) is 0 Å². The predicted molar refractivity (Wildman–Crippen MR) is 70.7 cm³/mol. The fourth-order valence-electron chi connectivity index (χ4n) is 2.29. The molecular formula is C12H17NO2S2. The zero-order valence-corrected chi connectivity index (χ0v) is 11.3. The Balaban J connectivity index is 2.29. The van der Waals surface area contributed by atoms with Crippen molar-refractivity contribution in [2.45, 2.75) is 35.9 Å². The van der Waals surface area contributed by atoms with Gasteiger partial charge >= 0.3 is 0 Å². The summed E-state index contributed by atoms with van der Waals surface area (Å²) >= 11 is 1.28. The smallest absolute Gasteiger partial charge is 0.206 e. The molecule has 0 spiro atoms. The minimum absolute atomic E-state index is 0.153. The van der Waals surface area contributed by atoms with Crippen molar-refractivity contribution in [3.8, 4) is 0 Å². The largest absolute Gasteiger partial charge is 0.253 e. The molecule has 3 nitrogen and oxygen atoms in total. The van der Waals surface area contributed by atoms with Crippen LogP contribution in [0.5, 0.6) is 0 Å². The Morgan fingerprint density at radius 3 is 2.71 bits per heavy atom. The van der Waals surface area contributed by atoms with Crippen molar-refractivity contribution in [3.63, 3.8) is 0 Å². The van der Waals surface area contributed by atoms with E-state index in [-0.39, 0.29) is 6.04 Å². The number of thiophene rings is 1. The van der Waals surface area contributed by atoms with Crippen LogP contribution >= 0.6 is 11.3 Å². The zero-order valence-electron chi connectivity index (χ0n) is 9.71. The van der Waals surface area contributed by atoms with Crippen molar-refractivity contribution in [2.75, 3.05) is 6.54 Å². The van der Waals surface area contributed by atoms with Crippen LogP contribution in [-0.4, -0.2) is 25.3 Å². The summed E-state index contributed by atoms with van der Waals surface area (Å²) in [4.78, 5) is 0. The number of nitrogens with zero attached hydrogens (tertiary/aromatic N) is 1. The lowest BCUT2D eigenvalue weighted by molar-refractivity contribution is 0.348. The van der Waals surface area contributed by atoms with Crippen LogP contribution in [0.3, 0.4) is 0 Å². The molecule has 1 saturated carbocycles. The molecule has 0 saturated heterocycles. The van der Waals surface area contributed by atoms with E-state index in [4.69, 9.17) is 0 Å². The molecule has 0 aliphatic heterocycles. The van der Waals surface area contributed by atoms with Gasteiger partial charge in [0.2, 0.25) is 0 Å². The Morgan fingerprint density at radius 2 is 2.18 bits per heavy atom. The van der Waals surface area contributed by atoms with Crippen molar-refractivity contribution in [2.24, 2.45) is 0 Å². The monoisotopic (exact) mass is 271 g/mol. The van der Waals surface area contributed by atoms with Crippen molar-refractivity contribution in [1.29, 1.82) is 0 Å². The van der Waals surface area contributed by atoms with E-state index in [0.29, 0.717) is 10.8 Å². The summed E-state index contributed by atoms with van der Waals surface area (Å²) < 4.78 is 27.0. The van der Waals surface area contributed by atoms with Gasteiger partial charge in [-0.15, -0.1) is 17.9 Å². The lowest BCUT2D eigenvalue weighted by Gasteiger charge is -2.26. The number of hydrogen-bond donors (Lipinski definition) is 0. The Morgan fingerprint density at radius 1 is 1.47 bits per heavy atom. The molecule has 5 heteroatoms. The molecule has 0 N–H and O–H groups in total. The van der Waals surface area contributed by atoms with E-state index in [2.05, 4.69) is 6.58 Å². The van der Waals surface area contributed by atoms with Crippen LogP contribution < -0.4 is 0 Å². The quantitative estimate of drug-likeness (QED) is 0.772. The minimum Gasteiger partial charge on any atom is -0.206 e. The minimum atomic E-state index is -3.32. The highest BCUT2D eigenvalue weighted by atomic mass is 32.2. The lowest BCUT2D eigenvalue weighted by Crippen LogP contribution is -2.38. The van der Waals surface area contributed by atoms with Gasteiger partial charge in [-0.05, 0) is 24.3 Å². The molecule has 0 atom stereocenters. The third-order valence-electron chi connectivity index (χ3n) is 3.10. The molecule has 1 heterocycles. The molecule has 0 amide bonds. The molecule has 2 rings (SSSR count). The topological polar surface area (TPSA) is 37.4 Å². The highest BCUT2D eigenvalue weighted by Crippen LogP contribution is 2.30. The van der Waals surface area contributed by atoms with E-state index in [1.807, 2.05) is 0 Å². The maximum Gasteiger partial charge on any atom is 0.253 e. The molecular weight excluding hydrogens is 254 g/mol. The molecule has 0 unspecified atom stereocenters. The molecule has 1 aliphatic carbocycles. The van der Waals surface area contributed by atoms with Gasteiger partial charge in [-0.2, -0.15) is 4.31 Å². The number of hydrogen-bond acceptors (Lipinski definition) is 3. The maximum absolute atomic E-state index is 12.5. The first kappa shape index (κ1) is 12.8. The van der Waals surface area contributed by atoms with Crippen molar-refractivity contribution in [1.82, 2.24) is 4.31 Å². The Bertz CT molecular complexity index is 459. The molecule has 94 valence electrons. The average molecular weight is 271 g/mol. The van der Waals surface area contributed by atoms with Crippen LogP contribution in [0.4, 0.5) is 0 Å². The first-order chi connectivity index (χ1) is 8.16. The van der Waals surface area contributed by atoms with Gasteiger partial charge in [-0.3, -0.25) is 0 Å². The Kier molecular flexibility index (Phi) is 4.01. The van der Waals surface area contributed by atoms with Crippen molar-refractivity contribution in [3.05, 3.63) is 30.2 Å². The van der Waals surface area contributed by atoms with Crippen molar-refractivity contribution < 1.29 is 8.42 Å². The summed E-state index contributed by atoms with van der Waals surface area (Å²) in [6.07, 6.45) is 5.86. The van der Waals surface area contributed by atoms with E-state index in [1.54, 1.807) is 27.9 Å². The van der Waals surface area contributed by atoms with Gasteiger partial charge in [-0.1, -0.05) is 25.0 Å². The van der Waals surface area contributed by atoms with E-state index in [0.717, 1.165) is 25.7 Å². The third kappa shape index (κ3) is 2.61. The van der Waals surface area contributed by atoms with Gasteiger partial charge in [0.1, 0.15) is 4.21 Å². The van der Waals surface area contributed by atoms with Crippen molar-refractivity contribution >= 4 is 21.4 Å². The van der Waals surface area contributed by atoms with Gasteiger partial charge in [-0.25, -0.2) is 8.42 Å². The third-order valence-corrected chi connectivity index (χ3v) is 6.39. The van der Waals surface area contributed by atoms with Gasteiger partial charge in [0, 0.05) is 12.6 Å². The molecule has 0 radical (unpaired) electrons. The molecule has 1 aromatic rings. The van der Waals surface area contributed by atoms with E-state index in [1.165, 1.54) is 11.3 Å². The number of sulfonamides is 1. The standard InChI is InChI=1S/C12H17NO2S2/c1-2-9-13(11-6-3-4-7-11)17(14,15)12-8-5-10-16-12/h2,5,8,10-11H,1,3-4,6-7,9H2. The van der Waals surface area contributed by atoms with Crippen LogP contribution in [-0.2, 0) is 10.0 Å². The molecule has 0 aromatic carbocycles. The van der Waals surface area contributed by atoms with Crippen LogP contribution in [0, 0.1) is 0 Å². The second kappa shape index (κ2) is 5.33. The van der Waals surface area contributed by atoms with E-state index < -0.39 is 10.0 Å². The normalized spacial score (nSPS) is 17.7. The summed E-state index contributed by atoms with van der Waals surface area (Å²) in [6.45, 7) is 4.07. The molecule has 0 bridgehead atoms. The Labute approximate surface area is 107 Å². The fraction of sp³-hybridized carbons (Fsp3) is 0.500. The Hall–Kier alpha value is -0.650. The summed E-state index contributed by atoms with van der Waals surface area (Å²) in [5.41, 5.74) is 0. The first-order valence-electron chi connectivity index (χ1n) is 5.82.